The second kappa shape index (κ2) is 17.7. The van der Waals surface area contributed by atoms with E-state index in [1.807, 2.05) is 36.4 Å². The second-order valence-corrected chi connectivity index (χ2v) is 17.5. The predicted molar refractivity (Wildman–Crippen MR) is 229 cm³/mol. The van der Waals surface area contributed by atoms with Crippen molar-refractivity contribution in [2.45, 2.75) is 58.2 Å². The fraction of sp³-hybridized carbons (Fsp3) is 0.467. The van der Waals surface area contributed by atoms with Gasteiger partial charge in [0.15, 0.2) is 0 Å². The van der Waals surface area contributed by atoms with Crippen LogP contribution in [0.1, 0.15) is 53.0 Å². The number of carboxylic acid groups (broad SMARTS) is 3. The summed E-state index contributed by atoms with van der Waals surface area (Å²) in [5.74, 6) is -3.58. The average molecular weight is 831 g/mol. The molecule has 0 amide bonds. The van der Waals surface area contributed by atoms with E-state index in [2.05, 4.69) is 54.3 Å². The molecule has 0 saturated carbocycles. The van der Waals surface area contributed by atoms with Gasteiger partial charge in [-0.25, -0.2) is 0 Å². The number of aromatic amines is 3. The van der Waals surface area contributed by atoms with Crippen molar-refractivity contribution in [2.24, 2.45) is 35.5 Å². The maximum atomic E-state index is 12.4. The molecule has 0 spiro atoms. The number of H-pyrrole nitrogens is 3. The minimum atomic E-state index is -0.779. The van der Waals surface area contributed by atoms with Crippen molar-refractivity contribution >= 4 is 50.6 Å². The number of aromatic nitrogens is 6. The predicted octanol–water partition coefficient (Wildman–Crippen LogP) is 4.08. The first kappa shape index (κ1) is 40.7. The molecule has 3 saturated heterocycles. The highest BCUT2D eigenvalue weighted by atomic mass is 16.4. The first-order chi connectivity index (χ1) is 29.7. The third kappa shape index (κ3) is 8.89. The van der Waals surface area contributed by atoms with Crippen LogP contribution in [0.5, 0.6) is 0 Å². The fourth-order valence-electron chi connectivity index (χ4n) is 10.1. The Balaban J connectivity index is 1.03. The van der Waals surface area contributed by atoms with Gasteiger partial charge in [0.2, 0.25) is 0 Å². The summed E-state index contributed by atoms with van der Waals surface area (Å²) in [5, 5.41) is 67.1. The Hall–Kier alpha value is -5.68. The van der Waals surface area contributed by atoms with Gasteiger partial charge in [-0.1, -0.05) is 18.2 Å². The third-order valence-corrected chi connectivity index (χ3v) is 13.6. The van der Waals surface area contributed by atoms with Crippen molar-refractivity contribution in [3.8, 4) is 0 Å². The van der Waals surface area contributed by atoms with Crippen LogP contribution in [0.2, 0.25) is 0 Å². The SMILES string of the molecule is O=C(O)[C@@H](Cc1ccc2[nH]nc(CN(Cc3n[nH]c4ccc(C[C@H](C(=O)O)[C@H]5CCNC5)cc34)Cc3n[nH]c4ccc(C[C@H](C(=O)O)[C@H]5CCNC5)cc34)c2c1)[C@H]1CCNC1. The lowest BCUT2D eigenvalue weighted by atomic mass is 9.86. The summed E-state index contributed by atoms with van der Waals surface area (Å²) in [4.78, 5) is 39.4. The zero-order valence-corrected chi connectivity index (χ0v) is 34.1. The van der Waals surface area contributed by atoms with E-state index in [-0.39, 0.29) is 17.8 Å². The van der Waals surface area contributed by atoms with Crippen LogP contribution >= 0.6 is 0 Å². The molecule has 3 aromatic carbocycles. The van der Waals surface area contributed by atoms with Crippen molar-refractivity contribution in [2.75, 3.05) is 39.3 Å². The minimum absolute atomic E-state index is 0.0744. The smallest absolute Gasteiger partial charge is 0.307 e. The number of nitrogens with zero attached hydrogens (tertiary/aromatic N) is 4. The molecule has 0 bridgehead atoms. The summed E-state index contributed by atoms with van der Waals surface area (Å²) in [6, 6.07) is 18.1. The van der Waals surface area contributed by atoms with Crippen LogP contribution in [-0.2, 0) is 53.3 Å². The summed E-state index contributed by atoms with van der Waals surface area (Å²) >= 11 is 0. The Labute approximate surface area is 352 Å². The minimum Gasteiger partial charge on any atom is -0.481 e. The number of aliphatic carboxylic acids is 3. The first-order valence-corrected chi connectivity index (χ1v) is 21.6. The molecular formula is C45H54N10O6. The van der Waals surface area contributed by atoms with Gasteiger partial charge in [-0.15, -0.1) is 0 Å². The molecule has 6 atom stereocenters. The number of fused-ring (bicyclic) bond motifs is 3. The van der Waals surface area contributed by atoms with E-state index in [0.29, 0.717) is 58.5 Å². The van der Waals surface area contributed by atoms with Crippen molar-refractivity contribution in [1.82, 2.24) is 51.4 Å². The van der Waals surface area contributed by atoms with Crippen LogP contribution in [0, 0.1) is 35.5 Å². The molecule has 6 aromatic rings. The van der Waals surface area contributed by atoms with Crippen LogP contribution in [-0.4, -0.2) is 108 Å². The largest absolute Gasteiger partial charge is 0.481 e. The number of rotatable bonds is 18. The zero-order chi connectivity index (χ0) is 42.0. The molecule has 0 unspecified atom stereocenters. The Morgan fingerprint density at radius 2 is 0.836 bits per heavy atom. The molecule has 6 heterocycles. The summed E-state index contributed by atoms with van der Waals surface area (Å²) < 4.78 is 0. The molecule has 0 aliphatic carbocycles. The van der Waals surface area contributed by atoms with Crippen molar-refractivity contribution in [1.29, 1.82) is 0 Å². The molecule has 16 nitrogen and oxygen atoms in total. The first-order valence-electron chi connectivity index (χ1n) is 21.6. The van der Waals surface area contributed by atoms with E-state index < -0.39 is 35.7 Å². The van der Waals surface area contributed by atoms with Crippen LogP contribution in [0.3, 0.4) is 0 Å². The van der Waals surface area contributed by atoms with Crippen LogP contribution in [0.15, 0.2) is 54.6 Å². The average Bonchev–Trinajstić information content (AvgIpc) is 4.12. The Bertz CT molecular complexity index is 2250. The van der Waals surface area contributed by atoms with E-state index in [1.165, 1.54) is 0 Å². The summed E-state index contributed by atoms with van der Waals surface area (Å²) in [6.07, 6.45) is 3.80. The summed E-state index contributed by atoms with van der Waals surface area (Å²) in [7, 11) is 0. The van der Waals surface area contributed by atoms with Gasteiger partial charge in [-0.2, -0.15) is 15.3 Å². The Morgan fingerprint density at radius 3 is 1.10 bits per heavy atom. The molecule has 3 aromatic heterocycles. The molecule has 16 heteroatoms. The van der Waals surface area contributed by atoms with E-state index in [4.69, 9.17) is 15.3 Å². The molecule has 3 fully saturated rings. The molecule has 9 N–H and O–H groups in total. The van der Waals surface area contributed by atoms with Crippen molar-refractivity contribution < 1.29 is 29.7 Å². The lowest BCUT2D eigenvalue weighted by Gasteiger charge is -2.21. The zero-order valence-electron chi connectivity index (χ0n) is 34.1. The maximum absolute atomic E-state index is 12.4. The number of hydrogen-bond donors (Lipinski definition) is 9. The van der Waals surface area contributed by atoms with Gasteiger partial charge in [0, 0.05) is 35.8 Å². The lowest BCUT2D eigenvalue weighted by molar-refractivity contribution is -0.144. The topological polar surface area (TPSA) is 237 Å². The van der Waals surface area contributed by atoms with Gasteiger partial charge >= 0.3 is 17.9 Å². The number of hydrogen-bond acceptors (Lipinski definition) is 10. The highest BCUT2D eigenvalue weighted by Crippen LogP contribution is 2.31. The Morgan fingerprint density at radius 1 is 0.525 bits per heavy atom. The van der Waals surface area contributed by atoms with Gasteiger partial charge in [0.25, 0.3) is 0 Å². The fourth-order valence-corrected chi connectivity index (χ4v) is 10.1. The highest BCUT2D eigenvalue weighted by Gasteiger charge is 2.33. The van der Waals surface area contributed by atoms with Crippen molar-refractivity contribution in [3.63, 3.8) is 0 Å². The monoisotopic (exact) mass is 830 g/mol. The third-order valence-electron chi connectivity index (χ3n) is 13.6. The maximum Gasteiger partial charge on any atom is 0.307 e. The molecule has 3 aliphatic heterocycles. The molecule has 3 aliphatic rings. The van der Waals surface area contributed by atoms with Gasteiger partial charge in [0.1, 0.15) is 0 Å². The number of carbonyl (C=O) groups is 3. The molecular weight excluding hydrogens is 777 g/mol. The van der Waals surface area contributed by atoms with E-state index >= 15 is 0 Å². The second-order valence-electron chi connectivity index (χ2n) is 17.5. The Kier molecular flexibility index (Phi) is 11.8. The van der Waals surface area contributed by atoms with Gasteiger partial charge in [-0.3, -0.25) is 34.6 Å². The van der Waals surface area contributed by atoms with Gasteiger partial charge < -0.3 is 31.3 Å². The number of carboxylic acids is 3. The quantitative estimate of drug-likeness (QED) is 0.0595. The standard InChI is InChI=1S/C45H54N10O6/c56-43(57)31(28-7-10-46-19-28)13-25-1-4-37-34(16-25)40(52-49-37)22-55(23-41-35-17-26(2-5-38(35)50-53-41)14-32(44(58)59)29-8-11-47-20-29)24-42-36-18-27(3-6-39(36)51-54-42)15-33(45(60)61)30-9-12-48-21-30/h1-6,16-18,28-33,46-48H,7-15,19-24H2,(H,49,52)(H,50,53)(H,51,54)(H,56,57)(H,58,59)(H,60,61)/t28-,29-,30-,31-,32-,33-/m0/s1. The van der Waals surface area contributed by atoms with E-state index in [1.54, 1.807) is 0 Å². The lowest BCUT2D eigenvalue weighted by Crippen LogP contribution is -2.27. The van der Waals surface area contributed by atoms with Crippen LogP contribution in [0.25, 0.3) is 32.7 Å². The number of nitrogens with one attached hydrogen (secondary N) is 6. The van der Waals surface area contributed by atoms with Crippen LogP contribution in [0.4, 0.5) is 0 Å². The summed E-state index contributed by atoms with van der Waals surface area (Å²) in [6.45, 7) is 5.82. The van der Waals surface area contributed by atoms with Crippen LogP contribution < -0.4 is 16.0 Å². The normalized spacial score (nSPS) is 20.9. The van der Waals surface area contributed by atoms with Crippen molar-refractivity contribution in [3.05, 3.63) is 88.4 Å². The number of benzene rings is 3. The molecule has 0 radical (unpaired) electrons. The summed E-state index contributed by atoms with van der Waals surface area (Å²) in [5.41, 5.74) is 7.80. The van der Waals surface area contributed by atoms with Gasteiger partial charge in [0.05, 0.1) is 51.4 Å². The molecule has 61 heavy (non-hydrogen) atoms. The molecule has 320 valence electrons. The van der Waals surface area contributed by atoms with Gasteiger partial charge in [-0.05, 0) is 149 Å². The van der Waals surface area contributed by atoms with E-state index in [9.17, 15) is 29.7 Å². The highest BCUT2D eigenvalue weighted by molar-refractivity contribution is 5.84. The molecule has 9 rings (SSSR count). The van der Waals surface area contributed by atoms with E-state index in [0.717, 1.165) is 105 Å².